The normalized spacial score (nSPS) is 15.3. The Bertz CT molecular complexity index is 390. The van der Waals surface area contributed by atoms with Crippen LogP contribution in [-0.4, -0.2) is 24.8 Å². The first-order valence-electron chi connectivity index (χ1n) is 6.32. The van der Waals surface area contributed by atoms with Gasteiger partial charge >= 0.3 is 5.97 Å². The monoisotopic (exact) mass is 250 g/mol. The van der Waals surface area contributed by atoms with E-state index in [-0.39, 0.29) is 11.6 Å². The molecule has 0 aromatic heterocycles. The average molecular weight is 250 g/mol. The lowest BCUT2D eigenvalue weighted by Gasteiger charge is -2.02. The van der Waals surface area contributed by atoms with Gasteiger partial charge in [0.25, 0.3) is 0 Å². The molecule has 1 aromatic rings. The van der Waals surface area contributed by atoms with Crippen molar-refractivity contribution in [3.05, 3.63) is 35.4 Å². The second-order valence-electron chi connectivity index (χ2n) is 5.05. The van der Waals surface area contributed by atoms with Crippen LogP contribution in [0.1, 0.15) is 43.1 Å². The summed E-state index contributed by atoms with van der Waals surface area (Å²) in [6, 6.07) is 7.41. The number of esters is 1. The van der Waals surface area contributed by atoms with Crippen molar-refractivity contribution in [3.8, 4) is 0 Å². The molecule has 100 valence electrons. The van der Waals surface area contributed by atoms with E-state index in [1.807, 2.05) is 32.0 Å². The fourth-order valence-electron chi connectivity index (χ4n) is 1.19. The third-order valence-corrected chi connectivity index (χ3v) is 2.41. The Hall–Kier alpha value is -1.35. The van der Waals surface area contributed by atoms with Gasteiger partial charge in [0.2, 0.25) is 0 Å². The van der Waals surface area contributed by atoms with Crippen molar-refractivity contribution in [3.63, 3.8) is 0 Å². The second kappa shape index (κ2) is 6.55. The van der Waals surface area contributed by atoms with E-state index in [0.717, 1.165) is 18.6 Å². The predicted octanol–water partition coefficient (Wildman–Crippen LogP) is 3.36. The van der Waals surface area contributed by atoms with Crippen molar-refractivity contribution >= 4 is 5.97 Å². The van der Waals surface area contributed by atoms with Gasteiger partial charge in [-0.1, -0.05) is 24.6 Å². The summed E-state index contributed by atoms with van der Waals surface area (Å²) in [5.74, 6) is -0.231. The molecule has 0 unspecified atom stereocenters. The summed E-state index contributed by atoms with van der Waals surface area (Å²) >= 11 is 0. The van der Waals surface area contributed by atoms with E-state index >= 15 is 0 Å². The molecule has 0 saturated carbocycles. The lowest BCUT2D eigenvalue weighted by Crippen LogP contribution is -2.05. The van der Waals surface area contributed by atoms with Crippen molar-refractivity contribution in [1.29, 1.82) is 0 Å². The first-order chi connectivity index (χ1) is 8.44. The van der Waals surface area contributed by atoms with Crippen molar-refractivity contribution in [2.75, 3.05) is 13.2 Å². The van der Waals surface area contributed by atoms with E-state index < -0.39 is 0 Å². The molecule has 1 aromatic carbocycles. The van der Waals surface area contributed by atoms with E-state index in [1.54, 1.807) is 6.07 Å². The minimum atomic E-state index is -0.231. The van der Waals surface area contributed by atoms with E-state index in [2.05, 4.69) is 13.8 Å². The predicted molar refractivity (Wildman–Crippen MR) is 71.8 cm³/mol. The first-order valence-corrected chi connectivity index (χ1v) is 6.32. The zero-order valence-electron chi connectivity index (χ0n) is 11.7. The van der Waals surface area contributed by atoms with Crippen LogP contribution in [0.15, 0.2) is 24.3 Å². The van der Waals surface area contributed by atoms with Gasteiger partial charge in [0.15, 0.2) is 0 Å². The molecule has 0 N–H and O–H groups in total. The zero-order chi connectivity index (χ0) is 13.6. The number of hydrogen-bond acceptors (Lipinski definition) is 3. The Morgan fingerprint density at radius 3 is 2.50 bits per heavy atom. The molecule has 0 spiro atoms. The quantitative estimate of drug-likeness (QED) is 0.610. The van der Waals surface area contributed by atoms with Crippen LogP contribution in [0.2, 0.25) is 0 Å². The maximum absolute atomic E-state index is 11.3. The molecule has 3 heteroatoms. The third kappa shape index (κ3) is 5.82. The Morgan fingerprint density at radius 2 is 2.06 bits per heavy atom. The first kappa shape index (κ1) is 14.7. The SMILES string of the molecule is CC1(C)CO1.CCCOC(=O)c1cccc(C)c1. The lowest BCUT2D eigenvalue weighted by molar-refractivity contribution is 0.0505. The van der Waals surface area contributed by atoms with Crippen LogP contribution in [0.5, 0.6) is 0 Å². The molecular formula is C15H22O3. The third-order valence-electron chi connectivity index (χ3n) is 2.41. The molecule has 0 atom stereocenters. The largest absolute Gasteiger partial charge is 0.462 e. The highest BCUT2D eigenvalue weighted by Crippen LogP contribution is 2.23. The molecule has 18 heavy (non-hydrogen) atoms. The van der Waals surface area contributed by atoms with Gasteiger partial charge in [0.1, 0.15) is 0 Å². The maximum Gasteiger partial charge on any atom is 0.338 e. The van der Waals surface area contributed by atoms with Crippen molar-refractivity contribution < 1.29 is 14.3 Å². The Balaban J connectivity index is 0.000000269. The molecule has 2 rings (SSSR count). The zero-order valence-corrected chi connectivity index (χ0v) is 11.7. The molecule has 1 aliphatic rings. The minimum Gasteiger partial charge on any atom is -0.462 e. The standard InChI is InChI=1S/C11H14O2.C4H8O/c1-3-7-13-11(12)10-6-4-5-9(2)8-10;1-4(2)3-5-4/h4-6,8H,3,7H2,1-2H3;3H2,1-2H3. The molecule has 3 nitrogen and oxygen atoms in total. The van der Waals surface area contributed by atoms with Gasteiger partial charge < -0.3 is 9.47 Å². The topological polar surface area (TPSA) is 38.8 Å². The lowest BCUT2D eigenvalue weighted by atomic mass is 10.1. The molecule has 1 aliphatic heterocycles. The van der Waals surface area contributed by atoms with Gasteiger partial charge in [-0.15, -0.1) is 0 Å². The Kier molecular flexibility index (Phi) is 5.35. The minimum absolute atomic E-state index is 0.231. The summed E-state index contributed by atoms with van der Waals surface area (Å²) in [5.41, 5.74) is 1.96. The second-order valence-corrected chi connectivity index (χ2v) is 5.05. The van der Waals surface area contributed by atoms with Crippen LogP contribution in [0.25, 0.3) is 0 Å². The van der Waals surface area contributed by atoms with Gasteiger partial charge in [0.05, 0.1) is 24.4 Å². The fourth-order valence-corrected chi connectivity index (χ4v) is 1.19. The van der Waals surface area contributed by atoms with Crippen LogP contribution in [-0.2, 0) is 9.47 Å². The van der Waals surface area contributed by atoms with Gasteiger partial charge in [-0.25, -0.2) is 4.79 Å². The summed E-state index contributed by atoms with van der Waals surface area (Å²) in [5, 5.41) is 0. The highest BCUT2D eigenvalue weighted by atomic mass is 16.6. The van der Waals surface area contributed by atoms with E-state index in [1.165, 1.54) is 0 Å². The average Bonchev–Trinajstić information content (AvgIpc) is 3.02. The number of carbonyl (C=O) groups excluding carboxylic acids is 1. The summed E-state index contributed by atoms with van der Waals surface area (Å²) in [6.07, 6.45) is 0.859. The number of benzene rings is 1. The van der Waals surface area contributed by atoms with Crippen molar-refractivity contribution in [1.82, 2.24) is 0 Å². The summed E-state index contributed by atoms with van der Waals surface area (Å²) in [6.45, 7) is 9.53. The van der Waals surface area contributed by atoms with Gasteiger partial charge in [-0.3, -0.25) is 0 Å². The number of ether oxygens (including phenoxy) is 2. The number of rotatable bonds is 3. The molecule has 1 heterocycles. The van der Waals surface area contributed by atoms with Crippen LogP contribution in [0.4, 0.5) is 0 Å². The van der Waals surface area contributed by atoms with Crippen LogP contribution in [0, 0.1) is 6.92 Å². The molecule has 0 radical (unpaired) electrons. The van der Waals surface area contributed by atoms with Crippen molar-refractivity contribution in [2.45, 2.75) is 39.7 Å². The van der Waals surface area contributed by atoms with Gasteiger partial charge in [0, 0.05) is 0 Å². The number of aryl methyl sites for hydroxylation is 1. The van der Waals surface area contributed by atoms with E-state index in [0.29, 0.717) is 12.2 Å². The Morgan fingerprint density at radius 1 is 1.44 bits per heavy atom. The van der Waals surface area contributed by atoms with Crippen molar-refractivity contribution in [2.24, 2.45) is 0 Å². The number of carbonyl (C=O) groups is 1. The number of hydrogen-bond donors (Lipinski definition) is 0. The summed E-state index contributed by atoms with van der Waals surface area (Å²) < 4.78 is 9.89. The smallest absolute Gasteiger partial charge is 0.338 e. The van der Waals surface area contributed by atoms with E-state index in [9.17, 15) is 4.79 Å². The number of epoxide rings is 1. The van der Waals surface area contributed by atoms with Gasteiger partial charge in [-0.05, 0) is 39.3 Å². The molecule has 0 amide bonds. The molecular weight excluding hydrogens is 228 g/mol. The Labute approximate surface area is 109 Å². The van der Waals surface area contributed by atoms with Crippen LogP contribution in [0.3, 0.4) is 0 Å². The fraction of sp³-hybridized carbons (Fsp3) is 0.533. The molecule has 0 bridgehead atoms. The van der Waals surface area contributed by atoms with Gasteiger partial charge in [-0.2, -0.15) is 0 Å². The highest BCUT2D eigenvalue weighted by molar-refractivity contribution is 5.89. The maximum atomic E-state index is 11.3. The molecule has 0 aliphatic carbocycles. The van der Waals surface area contributed by atoms with E-state index in [4.69, 9.17) is 9.47 Å². The summed E-state index contributed by atoms with van der Waals surface area (Å²) in [4.78, 5) is 11.3. The summed E-state index contributed by atoms with van der Waals surface area (Å²) in [7, 11) is 0. The highest BCUT2D eigenvalue weighted by Gasteiger charge is 2.32. The van der Waals surface area contributed by atoms with Crippen LogP contribution >= 0.6 is 0 Å². The molecule has 1 fully saturated rings. The van der Waals surface area contributed by atoms with Crippen LogP contribution < -0.4 is 0 Å². The molecule has 1 saturated heterocycles.